The lowest BCUT2D eigenvalue weighted by atomic mass is 10.0. The second kappa shape index (κ2) is 8.84. The fourth-order valence-electron chi connectivity index (χ4n) is 4.49. The molecule has 0 aliphatic carbocycles. The monoisotopic (exact) mass is 411 g/mol. The normalized spacial score (nSPS) is 20.9. The molecular formula is C23H33N5S. The lowest BCUT2D eigenvalue weighted by molar-refractivity contribution is 0.270. The van der Waals surface area contributed by atoms with Gasteiger partial charge in [-0.2, -0.15) is 0 Å². The average molecular weight is 412 g/mol. The lowest BCUT2D eigenvalue weighted by Crippen LogP contribution is -2.46. The lowest BCUT2D eigenvalue weighted by Gasteiger charge is -2.35. The highest BCUT2D eigenvalue weighted by Gasteiger charge is 2.20. The Kier molecular flexibility index (Phi) is 6.20. The number of piperazine rings is 1. The third-order valence-corrected chi connectivity index (χ3v) is 6.70. The van der Waals surface area contributed by atoms with Crippen molar-refractivity contribution in [2.24, 2.45) is 5.92 Å². The summed E-state index contributed by atoms with van der Waals surface area (Å²) in [5.41, 5.74) is 3.38. The van der Waals surface area contributed by atoms with Crippen molar-refractivity contribution in [2.75, 3.05) is 56.0 Å². The average Bonchev–Trinajstić information content (AvgIpc) is 2.74. The van der Waals surface area contributed by atoms with E-state index in [2.05, 4.69) is 65.1 Å². The van der Waals surface area contributed by atoms with E-state index in [0.717, 1.165) is 67.9 Å². The van der Waals surface area contributed by atoms with Crippen LogP contribution >= 0.6 is 12.2 Å². The van der Waals surface area contributed by atoms with Gasteiger partial charge in [0.05, 0.1) is 5.52 Å². The number of aryl methyl sites for hydroxylation is 1. The molecule has 29 heavy (non-hydrogen) atoms. The molecule has 2 saturated heterocycles. The van der Waals surface area contributed by atoms with E-state index in [1.165, 1.54) is 23.8 Å². The van der Waals surface area contributed by atoms with Crippen molar-refractivity contribution in [1.29, 1.82) is 0 Å². The van der Waals surface area contributed by atoms with Gasteiger partial charge in [0.2, 0.25) is 0 Å². The Hall–Kier alpha value is -1.92. The van der Waals surface area contributed by atoms with E-state index < -0.39 is 0 Å². The number of anilines is 2. The highest BCUT2D eigenvalue weighted by atomic mass is 32.1. The minimum atomic E-state index is 0.712. The Labute approximate surface area is 180 Å². The SMILES string of the molecule is CCN1CCN(c2cc(C)c3cc(NC(=S)N4CCC[C@@H](C)C4)ccc3n2)CC1. The summed E-state index contributed by atoms with van der Waals surface area (Å²) in [5, 5.41) is 5.49. The molecule has 1 atom stereocenters. The second-order valence-electron chi connectivity index (χ2n) is 8.57. The van der Waals surface area contributed by atoms with Crippen molar-refractivity contribution >= 4 is 39.7 Å². The number of nitrogens with zero attached hydrogens (tertiary/aromatic N) is 4. The Morgan fingerprint density at radius 2 is 1.97 bits per heavy atom. The smallest absolute Gasteiger partial charge is 0.173 e. The van der Waals surface area contributed by atoms with Crippen LogP contribution in [0.4, 0.5) is 11.5 Å². The van der Waals surface area contributed by atoms with Crippen LogP contribution in [0.3, 0.4) is 0 Å². The quantitative estimate of drug-likeness (QED) is 0.766. The first-order valence-corrected chi connectivity index (χ1v) is 11.4. The first kappa shape index (κ1) is 20.4. The number of pyridine rings is 1. The predicted octanol–water partition coefficient (Wildman–Crippen LogP) is 4.11. The largest absolute Gasteiger partial charge is 0.354 e. The second-order valence-corrected chi connectivity index (χ2v) is 8.96. The van der Waals surface area contributed by atoms with Crippen molar-refractivity contribution in [1.82, 2.24) is 14.8 Å². The van der Waals surface area contributed by atoms with Crippen LogP contribution in [0.25, 0.3) is 10.9 Å². The third kappa shape index (κ3) is 4.64. The first-order valence-electron chi connectivity index (χ1n) is 11.0. The highest BCUT2D eigenvalue weighted by Crippen LogP contribution is 2.26. The van der Waals surface area contributed by atoms with Gasteiger partial charge in [0.15, 0.2) is 5.11 Å². The van der Waals surface area contributed by atoms with Crippen molar-refractivity contribution in [3.05, 3.63) is 29.8 Å². The number of benzene rings is 1. The molecule has 2 fully saturated rings. The van der Waals surface area contributed by atoms with Gasteiger partial charge in [-0.1, -0.05) is 13.8 Å². The standard InChI is InChI=1S/C23H33N5S/c1-4-26-10-12-27(13-11-26)22-14-18(3)20-15-19(7-8-21(20)25-22)24-23(29)28-9-5-6-17(2)16-28/h7-8,14-15,17H,4-6,9-13,16H2,1-3H3,(H,24,29)/t17-/m1/s1. The number of thiocarbonyl (C=S) groups is 1. The predicted molar refractivity (Wildman–Crippen MR) is 127 cm³/mol. The molecule has 2 aromatic rings. The summed E-state index contributed by atoms with van der Waals surface area (Å²) in [4.78, 5) is 12.2. The molecule has 5 nitrogen and oxygen atoms in total. The van der Waals surface area contributed by atoms with Gasteiger partial charge in [-0.15, -0.1) is 0 Å². The van der Waals surface area contributed by atoms with E-state index in [4.69, 9.17) is 17.2 Å². The fraction of sp³-hybridized carbons (Fsp3) is 0.565. The summed E-state index contributed by atoms with van der Waals surface area (Å²) in [7, 11) is 0. The van der Waals surface area contributed by atoms with Crippen molar-refractivity contribution in [2.45, 2.75) is 33.6 Å². The number of likely N-dealkylation sites (N-methyl/N-ethyl adjacent to an activating group) is 1. The van der Waals surface area contributed by atoms with E-state index in [-0.39, 0.29) is 0 Å². The molecule has 0 saturated carbocycles. The number of likely N-dealkylation sites (tertiary alicyclic amines) is 1. The van der Waals surface area contributed by atoms with Gasteiger partial charge < -0.3 is 20.0 Å². The zero-order valence-electron chi connectivity index (χ0n) is 17.9. The zero-order chi connectivity index (χ0) is 20.4. The van der Waals surface area contributed by atoms with E-state index in [9.17, 15) is 0 Å². The molecule has 4 rings (SSSR count). The van der Waals surface area contributed by atoms with E-state index in [0.29, 0.717) is 5.92 Å². The molecule has 1 aromatic carbocycles. The van der Waals surface area contributed by atoms with E-state index in [1.807, 2.05) is 0 Å². The maximum atomic E-state index is 5.68. The van der Waals surface area contributed by atoms with Crippen LogP contribution in [0, 0.1) is 12.8 Å². The molecule has 3 heterocycles. The van der Waals surface area contributed by atoms with Gasteiger partial charge in [-0.25, -0.2) is 4.98 Å². The zero-order valence-corrected chi connectivity index (χ0v) is 18.8. The van der Waals surface area contributed by atoms with Crippen LogP contribution in [0.1, 0.15) is 32.3 Å². The van der Waals surface area contributed by atoms with Gasteiger partial charge >= 0.3 is 0 Å². The minimum Gasteiger partial charge on any atom is -0.354 e. The highest BCUT2D eigenvalue weighted by molar-refractivity contribution is 7.80. The number of fused-ring (bicyclic) bond motifs is 1. The molecule has 0 bridgehead atoms. The summed E-state index contributed by atoms with van der Waals surface area (Å²) in [6, 6.07) is 8.65. The Bertz CT molecular complexity index is 875. The molecule has 0 amide bonds. The third-order valence-electron chi connectivity index (χ3n) is 6.34. The molecule has 2 aliphatic rings. The van der Waals surface area contributed by atoms with Crippen LogP contribution in [0.15, 0.2) is 24.3 Å². The van der Waals surface area contributed by atoms with Crippen LogP contribution in [-0.2, 0) is 0 Å². The molecule has 0 radical (unpaired) electrons. The number of aromatic nitrogens is 1. The Balaban J connectivity index is 1.49. The molecule has 1 aromatic heterocycles. The van der Waals surface area contributed by atoms with Gasteiger partial charge in [0.25, 0.3) is 0 Å². The Morgan fingerprint density at radius 1 is 1.17 bits per heavy atom. The van der Waals surface area contributed by atoms with Crippen molar-refractivity contribution in [3.63, 3.8) is 0 Å². The van der Waals surface area contributed by atoms with Gasteiger partial charge in [0.1, 0.15) is 5.82 Å². The fourth-order valence-corrected chi connectivity index (χ4v) is 4.77. The molecule has 156 valence electrons. The molecule has 6 heteroatoms. The molecular weight excluding hydrogens is 378 g/mol. The molecule has 0 spiro atoms. The van der Waals surface area contributed by atoms with Gasteiger partial charge in [-0.3, -0.25) is 0 Å². The number of nitrogens with one attached hydrogen (secondary N) is 1. The van der Waals surface area contributed by atoms with E-state index in [1.54, 1.807) is 0 Å². The summed E-state index contributed by atoms with van der Waals surface area (Å²) in [5.74, 6) is 1.81. The summed E-state index contributed by atoms with van der Waals surface area (Å²) >= 11 is 5.68. The molecule has 1 N–H and O–H groups in total. The van der Waals surface area contributed by atoms with E-state index >= 15 is 0 Å². The number of hydrogen-bond donors (Lipinski definition) is 1. The van der Waals surface area contributed by atoms with Crippen LogP contribution in [0.5, 0.6) is 0 Å². The Morgan fingerprint density at radius 3 is 2.69 bits per heavy atom. The van der Waals surface area contributed by atoms with Crippen LogP contribution in [-0.4, -0.2) is 65.7 Å². The first-order chi connectivity index (χ1) is 14.0. The summed E-state index contributed by atoms with van der Waals surface area (Å²) in [6.07, 6.45) is 2.52. The number of hydrogen-bond acceptors (Lipinski definition) is 4. The maximum Gasteiger partial charge on any atom is 0.173 e. The molecule has 2 aliphatic heterocycles. The number of piperidine rings is 1. The maximum absolute atomic E-state index is 5.68. The van der Waals surface area contributed by atoms with Gasteiger partial charge in [-0.05, 0) is 74.3 Å². The van der Waals surface area contributed by atoms with Crippen LogP contribution in [0.2, 0.25) is 0 Å². The minimum absolute atomic E-state index is 0.712. The molecule has 0 unspecified atom stereocenters. The van der Waals surface area contributed by atoms with Crippen molar-refractivity contribution < 1.29 is 0 Å². The van der Waals surface area contributed by atoms with Crippen molar-refractivity contribution in [3.8, 4) is 0 Å². The summed E-state index contributed by atoms with van der Waals surface area (Å²) in [6.45, 7) is 14.3. The topological polar surface area (TPSA) is 34.6 Å². The van der Waals surface area contributed by atoms with Crippen LogP contribution < -0.4 is 10.2 Å². The number of rotatable bonds is 3. The van der Waals surface area contributed by atoms with Gasteiger partial charge in [0, 0.05) is 50.3 Å². The summed E-state index contributed by atoms with van der Waals surface area (Å²) < 4.78 is 0.